The van der Waals surface area contributed by atoms with Crippen molar-refractivity contribution in [2.45, 2.75) is 39.1 Å². The summed E-state index contributed by atoms with van der Waals surface area (Å²) < 4.78 is 16.8. The highest BCUT2D eigenvalue weighted by Crippen LogP contribution is 2.57. The molecule has 1 heterocycles. The summed E-state index contributed by atoms with van der Waals surface area (Å²) in [4.78, 5) is 11.2. The van der Waals surface area contributed by atoms with Crippen molar-refractivity contribution in [3.8, 4) is 5.75 Å². The second kappa shape index (κ2) is 6.16. The smallest absolute Gasteiger partial charge is 0.263 e. The maximum atomic E-state index is 5.82. The number of hydrogen-bond donors (Lipinski definition) is 0. The fourth-order valence-electron chi connectivity index (χ4n) is 2.84. The number of hydrogen-bond acceptors (Lipinski definition) is 5. The number of ether oxygens (including phenoxy) is 3. The Labute approximate surface area is 132 Å². The van der Waals surface area contributed by atoms with Gasteiger partial charge < -0.3 is 14.2 Å². The Balaban J connectivity index is 2.50. The zero-order valence-electron chi connectivity index (χ0n) is 14.3. The molecule has 0 saturated carbocycles. The van der Waals surface area contributed by atoms with Crippen molar-refractivity contribution in [3.05, 3.63) is 29.8 Å². The summed E-state index contributed by atoms with van der Waals surface area (Å²) in [6.07, 6.45) is 0. The highest BCUT2D eigenvalue weighted by atomic mass is 17.3. The van der Waals surface area contributed by atoms with Gasteiger partial charge in [-0.05, 0) is 19.1 Å². The summed E-state index contributed by atoms with van der Waals surface area (Å²) in [5.41, 5.74) is -0.174. The molecule has 124 valence electrons. The highest BCUT2D eigenvalue weighted by Gasteiger charge is 2.71. The van der Waals surface area contributed by atoms with Gasteiger partial charge in [0.15, 0.2) is 5.60 Å². The van der Waals surface area contributed by atoms with Crippen molar-refractivity contribution < 1.29 is 24.0 Å². The van der Waals surface area contributed by atoms with Crippen LogP contribution in [0.5, 0.6) is 5.75 Å². The number of rotatable bonds is 6. The van der Waals surface area contributed by atoms with Crippen molar-refractivity contribution in [2.24, 2.45) is 5.41 Å². The molecule has 0 bridgehead atoms. The third-order valence-corrected chi connectivity index (χ3v) is 4.29. The number of methoxy groups -OCH3 is 2. The SMILES string of the molecule is CCOCC1(C(C)(C)C)OOC1(OC)c1cccc(OC)c1. The largest absolute Gasteiger partial charge is 0.497 e. The minimum Gasteiger partial charge on any atom is -0.497 e. The molecule has 0 N–H and O–H groups in total. The summed E-state index contributed by atoms with van der Waals surface area (Å²) in [6, 6.07) is 7.64. The van der Waals surface area contributed by atoms with Gasteiger partial charge >= 0.3 is 0 Å². The summed E-state index contributed by atoms with van der Waals surface area (Å²) in [5, 5.41) is 0. The topological polar surface area (TPSA) is 46.2 Å². The van der Waals surface area contributed by atoms with Crippen LogP contribution < -0.4 is 4.74 Å². The Morgan fingerprint density at radius 1 is 1.14 bits per heavy atom. The van der Waals surface area contributed by atoms with Crippen LogP contribution in [-0.4, -0.2) is 33.0 Å². The second-order valence-electron chi connectivity index (χ2n) is 6.43. The molecule has 1 aliphatic heterocycles. The zero-order valence-corrected chi connectivity index (χ0v) is 14.3. The first kappa shape index (κ1) is 17.2. The fraction of sp³-hybridized carbons (Fsp3) is 0.647. The summed E-state index contributed by atoms with van der Waals surface area (Å²) in [5.74, 6) is -0.293. The van der Waals surface area contributed by atoms with Crippen LogP contribution in [-0.2, 0) is 25.0 Å². The Hall–Kier alpha value is -1.14. The van der Waals surface area contributed by atoms with Gasteiger partial charge in [-0.1, -0.05) is 32.9 Å². The van der Waals surface area contributed by atoms with E-state index in [-0.39, 0.29) is 5.41 Å². The molecule has 2 unspecified atom stereocenters. The lowest BCUT2D eigenvalue weighted by Crippen LogP contribution is -2.73. The van der Waals surface area contributed by atoms with Gasteiger partial charge in [-0.15, -0.1) is 0 Å². The van der Waals surface area contributed by atoms with E-state index in [4.69, 9.17) is 24.0 Å². The van der Waals surface area contributed by atoms with Gasteiger partial charge in [0.05, 0.1) is 13.7 Å². The third-order valence-electron chi connectivity index (χ3n) is 4.29. The van der Waals surface area contributed by atoms with Gasteiger partial charge in [0.2, 0.25) is 0 Å². The Morgan fingerprint density at radius 3 is 2.32 bits per heavy atom. The minimum absolute atomic E-state index is 0.264. The summed E-state index contributed by atoms with van der Waals surface area (Å²) >= 11 is 0. The average Bonchev–Trinajstić information content (AvgIpc) is 2.47. The molecule has 1 aromatic rings. The van der Waals surface area contributed by atoms with Crippen LogP contribution in [0.2, 0.25) is 0 Å². The van der Waals surface area contributed by atoms with E-state index in [1.165, 1.54) is 0 Å². The van der Waals surface area contributed by atoms with E-state index < -0.39 is 11.4 Å². The average molecular weight is 310 g/mol. The van der Waals surface area contributed by atoms with E-state index >= 15 is 0 Å². The Kier molecular flexibility index (Phi) is 4.82. The maximum Gasteiger partial charge on any atom is 0.263 e. The predicted octanol–water partition coefficient (Wildman–Crippen LogP) is 3.28. The molecule has 0 radical (unpaired) electrons. The first-order valence-electron chi connectivity index (χ1n) is 7.51. The van der Waals surface area contributed by atoms with Crippen molar-refractivity contribution in [1.82, 2.24) is 0 Å². The third kappa shape index (κ3) is 2.42. The number of benzene rings is 1. The Morgan fingerprint density at radius 2 is 1.86 bits per heavy atom. The fourth-order valence-corrected chi connectivity index (χ4v) is 2.84. The molecular weight excluding hydrogens is 284 g/mol. The lowest BCUT2D eigenvalue weighted by Gasteiger charge is -2.60. The van der Waals surface area contributed by atoms with Gasteiger partial charge in [-0.3, -0.25) is 0 Å². The van der Waals surface area contributed by atoms with Gasteiger partial charge in [-0.2, -0.15) is 4.89 Å². The standard InChI is InChI=1S/C17H26O5/c1-7-20-12-16(15(2,3)4)17(19-6,22-21-16)13-9-8-10-14(11-13)18-5/h8-11H,7,12H2,1-6H3. The second-order valence-corrected chi connectivity index (χ2v) is 6.43. The molecule has 1 fully saturated rings. The van der Waals surface area contributed by atoms with Crippen molar-refractivity contribution in [2.75, 3.05) is 27.4 Å². The molecule has 5 heteroatoms. The first-order valence-corrected chi connectivity index (χ1v) is 7.51. The van der Waals surface area contributed by atoms with Crippen LogP contribution in [0.4, 0.5) is 0 Å². The molecule has 5 nitrogen and oxygen atoms in total. The van der Waals surface area contributed by atoms with Gasteiger partial charge in [0, 0.05) is 24.7 Å². The van der Waals surface area contributed by atoms with E-state index in [0.29, 0.717) is 13.2 Å². The van der Waals surface area contributed by atoms with Crippen LogP contribution in [0.1, 0.15) is 33.3 Å². The first-order chi connectivity index (χ1) is 10.4. The van der Waals surface area contributed by atoms with Crippen molar-refractivity contribution >= 4 is 0 Å². The van der Waals surface area contributed by atoms with Crippen LogP contribution in [0, 0.1) is 5.41 Å². The van der Waals surface area contributed by atoms with Crippen LogP contribution in [0.3, 0.4) is 0 Å². The molecule has 1 saturated heterocycles. The minimum atomic E-state index is -1.03. The summed E-state index contributed by atoms with van der Waals surface area (Å²) in [7, 11) is 3.25. The molecular formula is C17H26O5. The maximum absolute atomic E-state index is 5.82. The molecule has 2 atom stereocenters. The molecule has 2 rings (SSSR count). The monoisotopic (exact) mass is 310 g/mol. The molecule has 0 amide bonds. The molecule has 0 aliphatic carbocycles. The van der Waals surface area contributed by atoms with E-state index in [9.17, 15) is 0 Å². The summed E-state index contributed by atoms with van der Waals surface area (Å²) in [6.45, 7) is 9.18. The van der Waals surface area contributed by atoms with E-state index in [1.54, 1.807) is 14.2 Å². The van der Waals surface area contributed by atoms with E-state index in [1.807, 2.05) is 31.2 Å². The predicted molar refractivity (Wildman–Crippen MR) is 82.5 cm³/mol. The van der Waals surface area contributed by atoms with Crippen molar-refractivity contribution in [3.63, 3.8) is 0 Å². The molecule has 22 heavy (non-hydrogen) atoms. The quantitative estimate of drug-likeness (QED) is 0.755. The molecule has 0 aromatic heterocycles. The molecule has 1 aliphatic rings. The normalized spacial score (nSPS) is 28.3. The van der Waals surface area contributed by atoms with E-state index in [0.717, 1.165) is 11.3 Å². The highest BCUT2D eigenvalue weighted by molar-refractivity contribution is 5.35. The van der Waals surface area contributed by atoms with Crippen molar-refractivity contribution in [1.29, 1.82) is 0 Å². The lowest BCUT2D eigenvalue weighted by atomic mass is 9.68. The van der Waals surface area contributed by atoms with E-state index in [2.05, 4.69) is 20.8 Å². The Bertz CT molecular complexity index is 506. The van der Waals surface area contributed by atoms with Crippen LogP contribution in [0.15, 0.2) is 24.3 Å². The molecule has 0 spiro atoms. The molecule has 1 aromatic carbocycles. The van der Waals surface area contributed by atoms with Gasteiger partial charge in [0.1, 0.15) is 5.75 Å². The van der Waals surface area contributed by atoms with Crippen LogP contribution in [0.25, 0.3) is 0 Å². The van der Waals surface area contributed by atoms with Gasteiger partial charge in [-0.25, -0.2) is 4.89 Å². The van der Waals surface area contributed by atoms with Crippen LogP contribution >= 0.6 is 0 Å². The van der Waals surface area contributed by atoms with Gasteiger partial charge in [0.25, 0.3) is 5.79 Å². The lowest BCUT2D eigenvalue weighted by molar-refractivity contribution is -0.637. The zero-order chi connectivity index (χ0) is 16.4.